The van der Waals surface area contributed by atoms with Crippen molar-refractivity contribution in [3.63, 3.8) is 0 Å². The molecular formula is C28H22F2N4O2. The Morgan fingerprint density at radius 1 is 1.06 bits per heavy atom. The largest absolute Gasteiger partial charge is 0.489 e. The van der Waals surface area contributed by atoms with Crippen LogP contribution in [0.3, 0.4) is 0 Å². The van der Waals surface area contributed by atoms with Crippen LogP contribution in [-0.4, -0.2) is 16.7 Å². The summed E-state index contributed by atoms with van der Waals surface area (Å²) in [6.45, 7) is 3.99. The number of aromatic nitrogens is 1. The second-order valence-electron chi connectivity index (χ2n) is 8.04. The molecule has 0 aliphatic heterocycles. The number of hydrazone groups is 1. The van der Waals surface area contributed by atoms with Crippen LogP contribution in [0.15, 0.2) is 77.9 Å². The van der Waals surface area contributed by atoms with Crippen molar-refractivity contribution in [1.82, 2.24) is 9.99 Å². The maximum atomic E-state index is 14.0. The van der Waals surface area contributed by atoms with E-state index in [4.69, 9.17) is 10.00 Å². The summed E-state index contributed by atoms with van der Waals surface area (Å²) < 4.78 is 35.6. The zero-order valence-electron chi connectivity index (χ0n) is 19.6. The van der Waals surface area contributed by atoms with Crippen molar-refractivity contribution in [3.05, 3.63) is 118 Å². The van der Waals surface area contributed by atoms with Crippen LogP contribution in [0.25, 0.3) is 5.69 Å². The van der Waals surface area contributed by atoms with Gasteiger partial charge in [-0.05, 0) is 68.4 Å². The molecule has 0 atom stereocenters. The van der Waals surface area contributed by atoms with Gasteiger partial charge in [0.1, 0.15) is 24.0 Å². The molecule has 6 nitrogen and oxygen atoms in total. The fraction of sp³-hybridized carbons (Fsp3) is 0.107. The molecule has 180 valence electrons. The van der Waals surface area contributed by atoms with Crippen molar-refractivity contribution >= 4 is 12.1 Å². The minimum atomic E-state index is -0.791. The molecule has 1 heterocycles. The molecule has 3 aromatic carbocycles. The predicted molar refractivity (Wildman–Crippen MR) is 132 cm³/mol. The van der Waals surface area contributed by atoms with Crippen molar-refractivity contribution in [2.75, 3.05) is 0 Å². The van der Waals surface area contributed by atoms with Crippen molar-refractivity contribution in [3.8, 4) is 17.5 Å². The fourth-order valence-electron chi connectivity index (χ4n) is 3.77. The Hall–Kier alpha value is -4.77. The van der Waals surface area contributed by atoms with Gasteiger partial charge in [-0.15, -0.1) is 0 Å². The molecule has 0 unspecified atom stereocenters. The lowest BCUT2D eigenvalue weighted by Gasteiger charge is -2.12. The molecule has 1 aromatic heterocycles. The van der Waals surface area contributed by atoms with Crippen LogP contribution in [0.2, 0.25) is 0 Å². The van der Waals surface area contributed by atoms with Gasteiger partial charge in [-0.2, -0.15) is 10.4 Å². The molecule has 4 rings (SSSR count). The average Bonchev–Trinajstić information content (AvgIpc) is 3.16. The van der Waals surface area contributed by atoms with Crippen LogP contribution in [0, 0.1) is 36.8 Å². The van der Waals surface area contributed by atoms with E-state index >= 15 is 0 Å². The third-order valence-electron chi connectivity index (χ3n) is 5.63. The molecule has 4 aromatic rings. The van der Waals surface area contributed by atoms with Crippen LogP contribution in [0.4, 0.5) is 8.78 Å². The molecule has 0 bridgehead atoms. The normalized spacial score (nSPS) is 10.9. The van der Waals surface area contributed by atoms with E-state index in [1.807, 2.05) is 54.8 Å². The Bertz CT molecular complexity index is 1480. The standard InChI is InChI=1S/C28H22F2N4O2/c1-18-13-22(16-32-33-28(35)25-12-7-20(15-31)14-27(25)30)19(2)34(18)23-8-10-24(11-9-23)36-17-21-5-3-4-6-26(21)29/h3-14,16H,17H2,1-2H3,(H,33,35)/b32-16-. The van der Waals surface area contributed by atoms with Gasteiger partial charge in [0.2, 0.25) is 0 Å². The summed E-state index contributed by atoms with van der Waals surface area (Å²) in [5.41, 5.74) is 6.22. The molecule has 8 heteroatoms. The number of nitrogens with zero attached hydrogens (tertiary/aromatic N) is 3. The number of hydrogen-bond acceptors (Lipinski definition) is 4. The van der Waals surface area contributed by atoms with Crippen molar-refractivity contribution < 1.29 is 18.3 Å². The molecule has 0 aliphatic carbocycles. The monoisotopic (exact) mass is 484 g/mol. The number of benzene rings is 3. The van der Waals surface area contributed by atoms with Crippen LogP contribution in [-0.2, 0) is 6.61 Å². The summed E-state index contributed by atoms with van der Waals surface area (Å²) >= 11 is 0. The number of amides is 1. The van der Waals surface area contributed by atoms with Crippen LogP contribution in [0.1, 0.15) is 38.4 Å². The molecule has 1 amide bonds. The average molecular weight is 485 g/mol. The number of hydrogen-bond donors (Lipinski definition) is 1. The van der Waals surface area contributed by atoms with Crippen LogP contribution >= 0.6 is 0 Å². The zero-order valence-corrected chi connectivity index (χ0v) is 19.6. The van der Waals surface area contributed by atoms with Gasteiger partial charge < -0.3 is 9.30 Å². The van der Waals surface area contributed by atoms with E-state index in [0.717, 1.165) is 28.7 Å². The number of rotatable bonds is 7. The third-order valence-corrected chi connectivity index (χ3v) is 5.63. The first kappa shape index (κ1) is 24.4. The first-order valence-corrected chi connectivity index (χ1v) is 11.1. The van der Waals surface area contributed by atoms with E-state index in [-0.39, 0.29) is 23.6 Å². The Morgan fingerprint density at radius 2 is 1.81 bits per heavy atom. The van der Waals surface area contributed by atoms with Crippen molar-refractivity contribution in [1.29, 1.82) is 5.26 Å². The number of nitrogens with one attached hydrogen (secondary N) is 1. The SMILES string of the molecule is Cc1cc(/C=N\NC(=O)c2ccc(C#N)cc2F)c(C)n1-c1ccc(OCc2ccccc2F)cc1. The molecule has 1 N–H and O–H groups in total. The summed E-state index contributed by atoms with van der Waals surface area (Å²) in [5.74, 6) is -1.20. The zero-order chi connectivity index (χ0) is 25.7. The number of ether oxygens (including phenoxy) is 1. The minimum Gasteiger partial charge on any atom is -0.489 e. The van der Waals surface area contributed by atoms with Crippen LogP contribution < -0.4 is 10.2 Å². The summed E-state index contributed by atoms with van der Waals surface area (Å²) in [4.78, 5) is 12.2. The highest BCUT2D eigenvalue weighted by molar-refractivity contribution is 5.95. The van der Waals surface area contributed by atoms with Gasteiger partial charge in [-0.1, -0.05) is 18.2 Å². The Labute approximate surface area is 207 Å². The Kier molecular flexibility index (Phi) is 7.21. The number of carbonyl (C=O) groups is 1. The lowest BCUT2D eigenvalue weighted by atomic mass is 10.1. The van der Waals surface area contributed by atoms with Crippen molar-refractivity contribution in [2.24, 2.45) is 5.10 Å². The molecule has 0 aliphatic rings. The summed E-state index contributed by atoms with van der Waals surface area (Å²) in [6, 6.07) is 21.3. The van der Waals surface area contributed by atoms with Gasteiger partial charge in [-0.3, -0.25) is 4.79 Å². The Morgan fingerprint density at radius 3 is 2.50 bits per heavy atom. The molecule has 0 saturated carbocycles. The lowest BCUT2D eigenvalue weighted by molar-refractivity contribution is 0.0951. The minimum absolute atomic E-state index is 0.129. The van der Waals surface area contributed by atoms with Crippen molar-refractivity contribution in [2.45, 2.75) is 20.5 Å². The first-order chi connectivity index (χ1) is 17.4. The van der Waals surface area contributed by atoms with E-state index in [1.165, 1.54) is 24.4 Å². The van der Waals surface area contributed by atoms with Gasteiger partial charge in [0.25, 0.3) is 5.91 Å². The van der Waals surface area contributed by atoms with Gasteiger partial charge >= 0.3 is 0 Å². The highest BCUT2D eigenvalue weighted by Crippen LogP contribution is 2.23. The fourth-order valence-corrected chi connectivity index (χ4v) is 3.77. The van der Waals surface area contributed by atoms with E-state index in [9.17, 15) is 13.6 Å². The van der Waals surface area contributed by atoms with Gasteiger partial charge in [0.15, 0.2) is 0 Å². The second-order valence-corrected chi connectivity index (χ2v) is 8.04. The highest BCUT2D eigenvalue weighted by Gasteiger charge is 2.13. The quantitative estimate of drug-likeness (QED) is 0.274. The van der Waals surface area contributed by atoms with Gasteiger partial charge in [0.05, 0.1) is 23.4 Å². The van der Waals surface area contributed by atoms with Crippen LogP contribution in [0.5, 0.6) is 5.75 Å². The van der Waals surface area contributed by atoms with E-state index in [2.05, 4.69) is 10.5 Å². The maximum absolute atomic E-state index is 14.0. The highest BCUT2D eigenvalue weighted by atomic mass is 19.1. The summed E-state index contributed by atoms with van der Waals surface area (Å²) in [6.07, 6.45) is 1.49. The lowest BCUT2D eigenvalue weighted by Crippen LogP contribution is -2.19. The molecule has 0 fully saturated rings. The predicted octanol–water partition coefficient (Wildman–Crippen LogP) is 5.59. The van der Waals surface area contributed by atoms with E-state index < -0.39 is 11.7 Å². The number of halogens is 2. The second kappa shape index (κ2) is 10.7. The first-order valence-electron chi connectivity index (χ1n) is 11.1. The Balaban J connectivity index is 1.44. The molecule has 0 radical (unpaired) electrons. The molecule has 0 spiro atoms. The molecule has 0 saturated heterocycles. The topological polar surface area (TPSA) is 79.4 Å². The number of carbonyl (C=O) groups excluding carboxylic acids is 1. The van der Waals surface area contributed by atoms with E-state index in [0.29, 0.717) is 11.3 Å². The molecular weight excluding hydrogens is 462 g/mol. The maximum Gasteiger partial charge on any atom is 0.274 e. The third kappa shape index (κ3) is 5.31. The van der Waals surface area contributed by atoms with Gasteiger partial charge in [-0.25, -0.2) is 14.2 Å². The molecule has 36 heavy (non-hydrogen) atoms. The summed E-state index contributed by atoms with van der Waals surface area (Å²) in [7, 11) is 0. The van der Waals surface area contributed by atoms with Gasteiger partial charge in [0, 0.05) is 28.2 Å². The number of aryl methyl sites for hydroxylation is 1. The smallest absolute Gasteiger partial charge is 0.274 e. The van der Waals surface area contributed by atoms with E-state index in [1.54, 1.807) is 18.2 Å². The number of nitriles is 1. The summed E-state index contributed by atoms with van der Waals surface area (Å²) in [5, 5.41) is 12.8.